The fraction of sp³-hybridized carbons (Fsp3) is 0.455. The molecule has 0 heterocycles. The van der Waals surface area contributed by atoms with Crippen molar-refractivity contribution < 1.29 is 9.47 Å². The van der Waals surface area contributed by atoms with E-state index in [1.54, 1.807) is 0 Å². The maximum atomic E-state index is 5.92. The lowest BCUT2D eigenvalue weighted by Gasteiger charge is -2.15. The summed E-state index contributed by atoms with van der Waals surface area (Å²) in [5.74, 6) is 3.03. The second kappa shape index (κ2) is 9.97. The van der Waals surface area contributed by atoms with Crippen molar-refractivity contribution in [3.63, 3.8) is 0 Å². The van der Waals surface area contributed by atoms with Crippen molar-refractivity contribution >= 4 is 5.69 Å². The molecule has 0 aliphatic carbocycles. The number of para-hydroxylation sites is 1. The van der Waals surface area contributed by atoms with E-state index in [1.165, 1.54) is 0 Å². The summed E-state index contributed by atoms with van der Waals surface area (Å²) in [5.41, 5.74) is 2.22. The third-order valence-electron chi connectivity index (χ3n) is 3.83. The van der Waals surface area contributed by atoms with Crippen LogP contribution in [0, 0.1) is 11.8 Å². The summed E-state index contributed by atoms with van der Waals surface area (Å²) in [6.45, 7) is 10.9. The highest BCUT2D eigenvalue weighted by Gasteiger charge is 2.05. The van der Waals surface area contributed by atoms with Gasteiger partial charge in [0.25, 0.3) is 0 Å². The zero-order valence-electron chi connectivity index (χ0n) is 15.9. The van der Waals surface area contributed by atoms with Crippen LogP contribution in [0.4, 0.5) is 5.69 Å². The van der Waals surface area contributed by atoms with Crippen molar-refractivity contribution in [2.45, 2.75) is 40.7 Å². The summed E-state index contributed by atoms with van der Waals surface area (Å²) in [6, 6.07) is 16.3. The van der Waals surface area contributed by atoms with Gasteiger partial charge >= 0.3 is 0 Å². The molecule has 0 saturated carbocycles. The Bertz CT molecular complexity index is 637. The van der Waals surface area contributed by atoms with Crippen LogP contribution in [-0.4, -0.2) is 13.2 Å². The Hall–Kier alpha value is -2.16. The molecule has 1 N–H and O–H groups in total. The first-order valence-corrected chi connectivity index (χ1v) is 9.22. The van der Waals surface area contributed by atoms with Gasteiger partial charge in [0.05, 0.1) is 13.2 Å². The second-order valence-electron chi connectivity index (χ2n) is 7.22. The monoisotopic (exact) mass is 341 g/mol. The van der Waals surface area contributed by atoms with E-state index in [0.717, 1.165) is 48.9 Å². The van der Waals surface area contributed by atoms with E-state index < -0.39 is 0 Å². The molecule has 0 saturated heterocycles. The zero-order chi connectivity index (χ0) is 18.1. The van der Waals surface area contributed by atoms with Crippen LogP contribution in [0.5, 0.6) is 11.5 Å². The molecule has 3 nitrogen and oxygen atoms in total. The lowest BCUT2D eigenvalue weighted by atomic mass is 10.1. The smallest absolute Gasteiger partial charge is 0.124 e. The zero-order valence-corrected chi connectivity index (χ0v) is 15.9. The predicted molar refractivity (Wildman–Crippen MR) is 105 cm³/mol. The summed E-state index contributed by atoms with van der Waals surface area (Å²) >= 11 is 0. The van der Waals surface area contributed by atoms with Gasteiger partial charge in [0.15, 0.2) is 0 Å². The standard InChI is InChI=1S/C22H31NO2/c1-17(2)12-13-24-21-10-7-9-20(14-21)23-15-19-8-5-6-11-22(19)25-16-18(3)4/h5-11,14,17-18,23H,12-13,15-16H2,1-4H3. The molecular weight excluding hydrogens is 310 g/mol. The highest BCUT2D eigenvalue weighted by Crippen LogP contribution is 2.22. The van der Waals surface area contributed by atoms with Crippen LogP contribution < -0.4 is 14.8 Å². The third-order valence-corrected chi connectivity index (χ3v) is 3.83. The molecule has 0 unspecified atom stereocenters. The van der Waals surface area contributed by atoms with Crippen LogP contribution in [0.1, 0.15) is 39.7 Å². The van der Waals surface area contributed by atoms with Gasteiger partial charge in [-0.15, -0.1) is 0 Å². The summed E-state index contributed by atoms with van der Waals surface area (Å²) < 4.78 is 11.8. The first kappa shape index (κ1) is 19.2. The number of benzene rings is 2. The van der Waals surface area contributed by atoms with E-state index in [9.17, 15) is 0 Å². The van der Waals surface area contributed by atoms with Gasteiger partial charge in [-0.05, 0) is 36.5 Å². The van der Waals surface area contributed by atoms with Crippen LogP contribution in [-0.2, 0) is 6.54 Å². The van der Waals surface area contributed by atoms with Gasteiger partial charge in [-0.2, -0.15) is 0 Å². The van der Waals surface area contributed by atoms with Crippen LogP contribution >= 0.6 is 0 Å². The highest BCUT2D eigenvalue weighted by molar-refractivity contribution is 5.49. The fourth-order valence-corrected chi connectivity index (χ4v) is 2.35. The van der Waals surface area contributed by atoms with E-state index in [4.69, 9.17) is 9.47 Å². The Morgan fingerprint density at radius 3 is 2.44 bits per heavy atom. The molecule has 3 heteroatoms. The van der Waals surface area contributed by atoms with Gasteiger partial charge in [0.1, 0.15) is 11.5 Å². The summed E-state index contributed by atoms with van der Waals surface area (Å²) in [6.07, 6.45) is 1.07. The minimum absolute atomic E-state index is 0.515. The summed E-state index contributed by atoms with van der Waals surface area (Å²) in [4.78, 5) is 0. The molecule has 0 aliphatic rings. The van der Waals surface area contributed by atoms with Crippen LogP contribution in [0.25, 0.3) is 0 Å². The fourth-order valence-electron chi connectivity index (χ4n) is 2.35. The third kappa shape index (κ3) is 7.08. The average Bonchev–Trinajstić information content (AvgIpc) is 2.59. The lowest BCUT2D eigenvalue weighted by Crippen LogP contribution is -2.08. The summed E-state index contributed by atoms with van der Waals surface area (Å²) in [5, 5.41) is 3.47. The number of anilines is 1. The van der Waals surface area contributed by atoms with Gasteiger partial charge in [-0.1, -0.05) is 52.0 Å². The number of nitrogens with one attached hydrogen (secondary N) is 1. The molecule has 2 aromatic carbocycles. The number of hydrogen-bond donors (Lipinski definition) is 1. The topological polar surface area (TPSA) is 30.5 Å². The molecule has 2 aromatic rings. The highest BCUT2D eigenvalue weighted by atomic mass is 16.5. The molecule has 136 valence electrons. The minimum Gasteiger partial charge on any atom is -0.494 e. The van der Waals surface area contributed by atoms with E-state index in [1.807, 2.05) is 30.3 Å². The molecule has 0 fully saturated rings. The van der Waals surface area contributed by atoms with E-state index in [-0.39, 0.29) is 0 Å². The molecule has 0 aromatic heterocycles. The quantitative estimate of drug-likeness (QED) is 0.596. The van der Waals surface area contributed by atoms with Gasteiger partial charge < -0.3 is 14.8 Å². The normalized spacial score (nSPS) is 11.0. The molecule has 2 rings (SSSR count). The van der Waals surface area contributed by atoms with Crippen molar-refractivity contribution in [1.82, 2.24) is 0 Å². The Balaban J connectivity index is 1.93. The minimum atomic E-state index is 0.515. The van der Waals surface area contributed by atoms with Crippen molar-refractivity contribution in [1.29, 1.82) is 0 Å². The molecule has 0 spiro atoms. The first-order valence-electron chi connectivity index (χ1n) is 9.22. The van der Waals surface area contributed by atoms with Crippen LogP contribution in [0.2, 0.25) is 0 Å². The molecule has 0 radical (unpaired) electrons. The summed E-state index contributed by atoms with van der Waals surface area (Å²) in [7, 11) is 0. The Morgan fingerprint density at radius 2 is 1.68 bits per heavy atom. The van der Waals surface area contributed by atoms with Crippen molar-refractivity contribution in [3.05, 3.63) is 54.1 Å². The van der Waals surface area contributed by atoms with E-state index >= 15 is 0 Å². The Labute approximate surface area is 152 Å². The lowest BCUT2D eigenvalue weighted by molar-refractivity contribution is 0.269. The number of hydrogen-bond acceptors (Lipinski definition) is 3. The van der Waals surface area contributed by atoms with Gasteiger partial charge in [0, 0.05) is 23.9 Å². The largest absolute Gasteiger partial charge is 0.494 e. The molecule has 0 bridgehead atoms. The predicted octanol–water partition coefficient (Wildman–Crippen LogP) is 5.76. The second-order valence-corrected chi connectivity index (χ2v) is 7.22. The van der Waals surface area contributed by atoms with E-state index in [0.29, 0.717) is 11.8 Å². The molecule has 0 aliphatic heterocycles. The number of ether oxygens (including phenoxy) is 2. The molecule has 0 atom stereocenters. The first-order chi connectivity index (χ1) is 12.0. The van der Waals surface area contributed by atoms with Crippen LogP contribution in [0.15, 0.2) is 48.5 Å². The average molecular weight is 341 g/mol. The maximum Gasteiger partial charge on any atom is 0.124 e. The van der Waals surface area contributed by atoms with Gasteiger partial charge in [-0.3, -0.25) is 0 Å². The SMILES string of the molecule is CC(C)CCOc1cccc(NCc2ccccc2OCC(C)C)c1. The molecule has 25 heavy (non-hydrogen) atoms. The van der Waals surface area contributed by atoms with Crippen molar-refractivity contribution in [3.8, 4) is 11.5 Å². The maximum absolute atomic E-state index is 5.92. The number of rotatable bonds is 10. The van der Waals surface area contributed by atoms with Crippen LogP contribution in [0.3, 0.4) is 0 Å². The van der Waals surface area contributed by atoms with Gasteiger partial charge in [0.2, 0.25) is 0 Å². The van der Waals surface area contributed by atoms with Crippen molar-refractivity contribution in [2.24, 2.45) is 11.8 Å². The molecular formula is C22H31NO2. The molecule has 0 amide bonds. The Kier molecular flexibility index (Phi) is 7.65. The van der Waals surface area contributed by atoms with E-state index in [2.05, 4.69) is 51.2 Å². The van der Waals surface area contributed by atoms with Gasteiger partial charge in [-0.25, -0.2) is 0 Å². The van der Waals surface area contributed by atoms with Crippen molar-refractivity contribution in [2.75, 3.05) is 18.5 Å². The Morgan fingerprint density at radius 1 is 0.880 bits per heavy atom.